The molecule has 1 aliphatic carbocycles. The van der Waals surface area contributed by atoms with Crippen LogP contribution < -0.4 is 0 Å². The lowest BCUT2D eigenvalue weighted by atomic mass is 10.1. The van der Waals surface area contributed by atoms with Crippen LogP contribution >= 0.6 is 0 Å². The molecule has 0 amide bonds. The third-order valence-electron chi connectivity index (χ3n) is 2.86. The lowest BCUT2D eigenvalue weighted by Crippen LogP contribution is -2.19. The van der Waals surface area contributed by atoms with E-state index in [2.05, 4.69) is 6.08 Å². The van der Waals surface area contributed by atoms with Gasteiger partial charge in [0.25, 0.3) is 0 Å². The third kappa shape index (κ3) is 4.67. The minimum Gasteiger partial charge on any atom is -0.494 e. The standard InChI is InChI=1S/C15H24O3/c1-10-5-11(2)7-15(14(6-10)9-16)18-13(4)8-12(3)17/h5-7,12-14,16-17H,8-9H2,1-4H3/t12-,13+,14-/m1/s1. The van der Waals surface area contributed by atoms with Crippen molar-refractivity contribution in [1.29, 1.82) is 0 Å². The average Bonchev–Trinajstić information content (AvgIpc) is 2.35. The summed E-state index contributed by atoms with van der Waals surface area (Å²) >= 11 is 0. The summed E-state index contributed by atoms with van der Waals surface area (Å²) in [5, 5.41) is 18.8. The number of aliphatic hydroxyl groups excluding tert-OH is 2. The SMILES string of the molecule is CC1=CC(C)=C[C@H](CO)C(O[C@@H](C)C[C@@H](C)O)=C1. The first-order valence-electron chi connectivity index (χ1n) is 6.46. The van der Waals surface area contributed by atoms with Crippen molar-refractivity contribution < 1.29 is 14.9 Å². The van der Waals surface area contributed by atoms with E-state index in [9.17, 15) is 10.2 Å². The summed E-state index contributed by atoms with van der Waals surface area (Å²) in [7, 11) is 0. The van der Waals surface area contributed by atoms with Crippen LogP contribution in [0.15, 0.2) is 35.1 Å². The van der Waals surface area contributed by atoms with Gasteiger partial charge in [-0.3, -0.25) is 0 Å². The van der Waals surface area contributed by atoms with Crippen molar-refractivity contribution >= 4 is 0 Å². The van der Waals surface area contributed by atoms with Crippen molar-refractivity contribution in [3.63, 3.8) is 0 Å². The molecule has 0 aliphatic heterocycles. The lowest BCUT2D eigenvalue weighted by molar-refractivity contribution is 0.0560. The molecule has 1 aliphatic rings. The highest BCUT2D eigenvalue weighted by Gasteiger charge is 2.18. The van der Waals surface area contributed by atoms with Gasteiger partial charge in [-0.1, -0.05) is 17.7 Å². The van der Waals surface area contributed by atoms with E-state index in [1.807, 2.05) is 32.9 Å². The molecule has 0 spiro atoms. The molecule has 0 radical (unpaired) electrons. The maximum Gasteiger partial charge on any atom is 0.106 e. The van der Waals surface area contributed by atoms with Gasteiger partial charge in [-0.2, -0.15) is 0 Å². The summed E-state index contributed by atoms with van der Waals surface area (Å²) < 4.78 is 5.86. The maximum absolute atomic E-state index is 9.45. The Hall–Kier alpha value is -1.06. The zero-order valence-electron chi connectivity index (χ0n) is 11.7. The fourth-order valence-corrected chi connectivity index (χ4v) is 2.20. The zero-order valence-corrected chi connectivity index (χ0v) is 11.7. The minimum atomic E-state index is -0.382. The quantitative estimate of drug-likeness (QED) is 0.790. The average molecular weight is 252 g/mol. The fourth-order valence-electron chi connectivity index (χ4n) is 2.20. The molecule has 0 aromatic heterocycles. The van der Waals surface area contributed by atoms with E-state index in [4.69, 9.17) is 4.74 Å². The van der Waals surface area contributed by atoms with E-state index in [-0.39, 0.29) is 24.7 Å². The van der Waals surface area contributed by atoms with E-state index in [0.29, 0.717) is 6.42 Å². The molecular weight excluding hydrogens is 228 g/mol. The molecule has 18 heavy (non-hydrogen) atoms. The number of ether oxygens (including phenoxy) is 1. The van der Waals surface area contributed by atoms with Gasteiger partial charge < -0.3 is 14.9 Å². The molecule has 0 unspecified atom stereocenters. The molecule has 0 aromatic rings. The van der Waals surface area contributed by atoms with Crippen molar-refractivity contribution in [2.75, 3.05) is 6.61 Å². The molecular formula is C15H24O3. The first-order valence-corrected chi connectivity index (χ1v) is 6.46. The van der Waals surface area contributed by atoms with Gasteiger partial charge >= 0.3 is 0 Å². The summed E-state index contributed by atoms with van der Waals surface area (Å²) in [6, 6.07) is 0. The topological polar surface area (TPSA) is 49.7 Å². The van der Waals surface area contributed by atoms with Crippen LogP contribution in [0.5, 0.6) is 0 Å². The highest BCUT2D eigenvalue weighted by atomic mass is 16.5. The second-order valence-corrected chi connectivity index (χ2v) is 5.15. The Morgan fingerprint density at radius 2 is 1.89 bits per heavy atom. The smallest absolute Gasteiger partial charge is 0.106 e. The fraction of sp³-hybridized carbons (Fsp3) is 0.600. The van der Waals surface area contributed by atoms with Gasteiger partial charge in [-0.25, -0.2) is 0 Å². The van der Waals surface area contributed by atoms with Gasteiger partial charge in [-0.05, 0) is 39.3 Å². The van der Waals surface area contributed by atoms with Crippen LogP contribution in [0, 0.1) is 5.92 Å². The Morgan fingerprint density at radius 3 is 2.44 bits per heavy atom. The molecule has 2 N–H and O–H groups in total. The Labute approximate surface area is 109 Å². The Balaban J connectivity index is 2.81. The van der Waals surface area contributed by atoms with E-state index in [1.165, 1.54) is 0 Å². The van der Waals surface area contributed by atoms with Crippen LogP contribution in [0.3, 0.4) is 0 Å². The van der Waals surface area contributed by atoms with Crippen LogP contribution in [0.4, 0.5) is 0 Å². The molecule has 3 heteroatoms. The van der Waals surface area contributed by atoms with Gasteiger partial charge in [0.15, 0.2) is 0 Å². The van der Waals surface area contributed by atoms with Crippen molar-refractivity contribution in [3.8, 4) is 0 Å². The zero-order chi connectivity index (χ0) is 13.7. The Morgan fingerprint density at radius 1 is 1.22 bits per heavy atom. The monoisotopic (exact) mass is 252 g/mol. The highest BCUT2D eigenvalue weighted by molar-refractivity contribution is 5.35. The van der Waals surface area contributed by atoms with Gasteiger partial charge in [0, 0.05) is 6.42 Å². The van der Waals surface area contributed by atoms with Gasteiger partial charge in [-0.15, -0.1) is 0 Å². The van der Waals surface area contributed by atoms with E-state index in [1.54, 1.807) is 6.92 Å². The summed E-state index contributed by atoms with van der Waals surface area (Å²) in [6.07, 6.45) is 6.18. The molecule has 0 bridgehead atoms. The first-order chi connectivity index (χ1) is 8.42. The van der Waals surface area contributed by atoms with Crippen molar-refractivity contribution in [2.45, 2.75) is 46.3 Å². The number of rotatable bonds is 5. The summed E-state index contributed by atoms with van der Waals surface area (Å²) in [4.78, 5) is 0. The first kappa shape index (κ1) is 15.0. The normalized spacial score (nSPS) is 23.4. The van der Waals surface area contributed by atoms with Crippen LogP contribution in [-0.2, 0) is 4.74 Å². The predicted octanol–water partition coefficient (Wildman–Crippen LogP) is 2.56. The van der Waals surface area contributed by atoms with E-state index >= 15 is 0 Å². The number of allylic oxidation sites excluding steroid dienone is 4. The van der Waals surface area contributed by atoms with Crippen LogP contribution in [0.1, 0.15) is 34.1 Å². The largest absolute Gasteiger partial charge is 0.494 e. The molecule has 0 fully saturated rings. The molecule has 0 saturated carbocycles. The maximum atomic E-state index is 9.45. The molecule has 0 aromatic carbocycles. The highest BCUT2D eigenvalue weighted by Crippen LogP contribution is 2.24. The van der Waals surface area contributed by atoms with Crippen molar-refractivity contribution in [3.05, 3.63) is 35.1 Å². The van der Waals surface area contributed by atoms with Gasteiger partial charge in [0.2, 0.25) is 0 Å². The molecule has 1 rings (SSSR count). The second kappa shape index (κ2) is 6.76. The van der Waals surface area contributed by atoms with Crippen molar-refractivity contribution in [1.82, 2.24) is 0 Å². The molecule has 0 saturated heterocycles. The summed E-state index contributed by atoms with van der Waals surface area (Å²) in [6.45, 7) is 7.75. The van der Waals surface area contributed by atoms with Gasteiger partial charge in [0.1, 0.15) is 5.76 Å². The van der Waals surface area contributed by atoms with Crippen LogP contribution in [-0.4, -0.2) is 29.0 Å². The lowest BCUT2D eigenvalue weighted by Gasteiger charge is -2.22. The molecule has 3 atom stereocenters. The second-order valence-electron chi connectivity index (χ2n) is 5.15. The van der Waals surface area contributed by atoms with Gasteiger partial charge in [0.05, 0.1) is 24.7 Å². The summed E-state index contributed by atoms with van der Waals surface area (Å²) in [5.41, 5.74) is 2.24. The van der Waals surface area contributed by atoms with Crippen LogP contribution in [0.25, 0.3) is 0 Å². The predicted molar refractivity (Wildman–Crippen MR) is 73.0 cm³/mol. The molecule has 102 valence electrons. The Bertz CT molecular complexity index is 364. The number of hydrogen-bond donors (Lipinski definition) is 2. The third-order valence-corrected chi connectivity index (χ3v) is 2.86. The van der Waals surface area contributed by atoms with E-state index in [0.717, 1.165) is 16.9 Å². The van der Waals surface area contributed by atoms with Crippen LogP contribution in [0.2, 0.25) is 0 Å². The minimum absolute atomic E-state index is 0.0334. The number of hydrogen-bond acceptors (Lipinski definition) is 3. The van der Waals surface area contributed by atoms with E-state index < -0.39 is 0 Å². The summed E-state index contributed by atoms with van der Waals surface area (Å²) in [5.74, 6) is 0.673. The number of aliphatic hydroxyl groups is 2. The van der Waals surface area contributed by atoms with Crippen molar-refractivity contribution in [2.24, 2.45) is 5.92 Å². The Kier molecular flexibility index (Phi) is 5.63. The molecule has 3 nitrogen and oxygen atoms in total. The molecule has 0 heterocycles.